The number of ether oxygens (including phenoxy) is 2. The van der Waals surface area contributed by atoms with Gasteiger partial charge in [0, 0.05) is 7.11 Å². The van der Waals surface area contributed by atoms with Crippen LogP contribution in [-0.2, 0) is 4.74 Å². The maximum Gasteiger partial charge on any atom is 0.201 e. The lowest BCUT2D eigenvalue weighted by molar-refractivity contribution is 0.155. The van der Waals surface area contributed by atoms with E-state index in [0.717, 1.165) is 23.2 Å². The number of para-hydroxylation sites is 1. The summed E-state index contributed by atoms with van der Waals surface area (Å²) < 4.78 is 13.1. The highest BCUT2D eigenvalue weighted by Crippen LogP contribution is 2.31. The zero-order valence-electron chi connectivity index (χ0n) is 12.6. The molecule has 0 aliphatic rings. The molecule has 0 saturated heterocycles. The van der Waals surface area contributed by atoms with Crippen molar-refractivity contribution < 1.29 is 9.47 Å². The molecule has 1 aromatic carbocycles. The second-order valence-electron chi connectivity index (χ2n) is 5.15. The van der Waals surface area contributed by atoms with Crippen LogP contribution in [0.2, 0.25) is 0 Å². The van der Waals surface area contributed by atoms with Gasteiger partial charge >= 0.3 is 0 Å². The molecule has 0 saturated carbocycles. The second-order valence-corrected chi connectivity index (χ2v) is 5.15. The molecule has 1 unspecified atom stereocenters. The standard InChI is InChI=1S/C15H23N3O2/c1-5-11(9-19-4)18-12-7-6-8-13(20-10(2)3)14(12)17-15(18)16/h6-8,10-11H,5,9H2,1-4H3,(H2,16,17). The lowest BCUT2D eigenvalue weighted by Crippen LogP contribution is -2.16. The van der Waals surface area contributed by atoms with Crippen LogP contribution in [0, 0.1) is 0 Å². The molecule has 1 heterocycles. The minimum absolute atomic E-state index is 0.105. The third-order valence-electron chi connectivity index (χ3n) is 3.27. The Labute approximate surface area is 119 Å². The molecule has 2 rings (SSSR count). The number of hydrogen-bond acceptors (Lipinski definition) is 4. The summed E-state index contributed by atoms with van der Waals surface area (Å²) in [6.07, 6.45) is 1.03. The highest BCUT2D eigenvalue weighted by Gasteiger charge is 2.18. The molecule has 5 nitrogen and oxygen atoms in total. The number of nitrogens with two attached hydrogens (primary N) is 1. The van der Waals surface area contributed by atoms with Crippen molar-refractivity contribution in [3.05, 3.63) is 18.2 Å². The summed E-state index contributed by atoms with van der Waals surface area (Å²) >= 11 is 0. The van der Waals surface area contributed by atoms with Crippen LogP contribution in [0.1, 0.15) is 33.2 Å². The molecular weight excluding hydrogens is 254 g/mol. The van der Waals surface area contributed by atoms with Crippen molar-refractivity contribution in [3.8, 4) is 5.75 Å². The summed E-state index contributed by atoms with van der Waals surface area (Å²) in [7, 11) is 1.70. The van der Waals surface area contributed by atoms with E-state index in [1.807, 2.05) is 36.6 Å². The predicted molar refractivity (Wildman–Crippen MR) is 81.1 cm³/mol. The average molecular weight is 277 g/mol. The summed E-state index contributed by atoms with van der Waals surface area (Å²) in [5, 5.41) is 0. The van der Waals surface area contributed by atoms with Gasteiger partial charge in [-0.1, -0.05) is 13.0 Å². The third-order valence-corrected chi connectivity index (χ3v) is 3.27. The maximum atomic E-state index is 6.10. The Balaban J connectivity index is 2.53. The topological polar surface area (TPSA) is 62.3 Å². The second kappa shape index (κ2) is 6.13. The maximum absolute atomic E-state index is 6.10. The Hall–Kier alpha value is -1.75. The zero-order chi connectivity index (χ0) is 14.7. The Morgan fingerprint density at radius 3 is 2.70 bits per heavy atom. The molecule has 0 aliphatic carbocycles. The molecule has 0 spiro atoms. The zero-order valence-corrected chi connectivity index (χ0v) is 12.6. The number of methoxy groups -OCH3 is 1. The molecule has 2 N–H and O–H groups in total. The van der Waals surface area contributed by atoms with Gasteiger partial charge in [-0.3, -0.25) is 0 Å². The third kappa shape index (κ3) is 2.72. The fourth-order valence-corrected chi connectivity index (χ4v) is 2.41. The van der Waals surface area contributed by atoms with Gasteiger partial charge in [-0.15, -0.1) is 0 Å². The first kappa shape index (κ1) is 14.7. The number of nitrogen functional groups attached to an aromatic ring is 1. The first-order valence-electron chi connectivity index (χ1n) is 7.00. The van der Waals surface area contributed by atoms with E-state index in [0.29, 0.717) is 12.6 Å². The number of aromatic nitrogens is 2. The van der Waals surface area contributed by atoms with E-state index < -0.39 is 0 Å². The Kier molecular flexibility index (Phi) is 4.49. The van der Waals surface area contributed by atoms with Crippen LogP contribution in [-0.4, -0.2) is 29.4 Å². The van der Waals surface area contributed by atoms with E-state index >= 15 is 0 Å². The van der Waals surface area contributed by atoms with Gasteiger partial charge in [0.05, 0.1) is 24.3 Å². The van der Waals surface area contributed by atoms with Gasteiger partial charge in [0.25, 0.3) is 0 Å². The van der Waals surface area contributed by atoms with Crippen LogP contribution in [0.25, 0.3) is 11.0 Å². The normalized spacial score (nSPS) is 13.1. The molecule has 0 fully saturated rings. The molecule has 0 amide bonds. The summed E-state index contributed by atoms with van der Waals surface area (Å²) in [5.41, 5.74) is 7.90. The number of nitrogens with zero attached hydrogens (tertiary/aromatic N) is 2. The van der Waals surface area contributed by atoms with Crippen molar-refractivity contribution in [2.24, 2.45) is 0 Å². The van der Waals surface area contributed by atoms with E-state index in [2.05, 4.69) is 11.9 Å². The van der Waals surface area contributed by atoms with Gasteiger partial charge in [-0.25, -0.2) is 4.98 Å². The molecule has 2 aromatic rings. The molecule has 5 heteroatoms. The van der Waals surface area contributed by atoms with Crippen molar-refractivity contribution in [3.63, 3.8) is 0 Å². The lowest BCUT2D eigenvalue weighted by Gasteiger charge is -2.18. The first-order valence-corrected chi connectivity index (χ1v) is 7.00. The highest BCUT2D eigenvalue weighted by atomic mass is 16.5. The van der Waals surface area contributed by atoms with Crippen LogP contribution in [0.5, 0.6) is 5.75 Å². The number of benzene rings is 1. The summed E-state index contributed by atoms with van der Waals surface area (Å²) in [5.74, 6) is 1.28. The van der Waals surface area contributed by atoms with E-state index in [1.165, 1.54) is 0 Å². The van der Waals surface area contributed by atoms with E-state index in [1.54, 1.807) is 7.11 Å². The largest absolute Gasteiger partial charge is 0.489 e. The van der Waals surface area contributed by atoms with Crippen LogP contribution in [0.4, 0.5) is 5.95 Å². The van der Waals surface area contributed by atoms with Gasteiger partial charge in [0.1, 0.15) is 11.3 Å². The van der Waals surface area contributed by atoms with Gasteiger partial charge in [0.2, 0.25) is 5.95 Å². The van der Waals surface area contributed by atoms with Gasteiger partial charge in [-0.05, 0) is 32.4 Å². The van der Waals surface area contributed by atoms with Crippen molar-refractivity contribution in [1.29, 1.82) is 0 Å². The lowest BCUT2D eigenvalue weighted by atomic mass is 10.2. The van der Waals surface area contributed by atoms with E-state index in [9.17, 15) is 0 Å². The number of fused-ring (bicyclic) bond motifs is 1. The minimum atomic E-state index is 0.105. The molecular formula is C15H23N3O2. The van der Waals surface area contributed by atoms with Crippen LogP contribution in [0.3, 0.4) is 0 Å². The monoisotopic (exact) mass is 277 g/mol. The smallest absolute Gasteiger partial charge is 0.201 e. The summed E-state index contributed by atoms with van der Waals surface area (Å²) in [4.78, 5) is 4.48. The molecule has 1 atom stereocenters. The summed E-state index contributed by atoms with van der Waals surface area (Å²) in [6.45, 7) is 6.72. The predicted octanol–water partition coefficient (Wildman–Crippen LogP) is 3.00. The quantitative estimate of drug-likeness (QED) is 0.881. The summed E-state index contributed by atoms with van der Waals surface area (Å²) in [6, 6.07) is 6.09. The molecule has 20 heavy (non-hydrogen) atoms. The van der Waals surface area contributed by atoms with E-state index in [4.69, 9.17) is 15.2 Å². The van der Waals surface area contributed by atoms with Crippen molar-refractivity contribution in [2.45, 2.75) is 39.3 Å². The number of anilines is 1. The molecule has 0 bridgehead atoms. The Morgan fingerprint density at radius 1 is 1.35 bits per heavy atom. The SMILES string of the molecule is CCC(COC)n1c(N)nc2c(OC(C)C)cccc21. The van der Waals surface area contributed by atoms with Gasteiger partial charge in [-0.2, -0.15) is 0 Å². The van der Waals surface area contributed by atoms with Crippen LogP contribution >= 0.6 is 0 Å². The highest BCUT2D eigenvalue weighted by molar-refractivity contribution is 5.84. The fraction of sp³-hybridized carbons (Fsp3) is 0.533. The van der Waals surface area contributed by atoms with Crippen molar-refractivity contribution >= 4 is 17.0 Å². The number of rotatable bonds is 6. The minimum Gasteiger partial charge on any atom is -0.489 e. The molecule has 1 aromatic heterocycles. The number of hydrogen-bond donors (Lipinski definition) is 1. The molecule has 0 aliphatic heterocycles. The fourth-order valence-electron chi connectivity index (χ4n) is 2.41. The van der Waals surface area contributed by atoms with Crippen molar-refractivity contribution in [1.82, 2.24) is 9.55 Å². The Bertz CT molecular complexity index is 578. The van der Waals surface area contributed by atoms with Crippen LogP contribution in [0.15, 0.2) is 18.2 Å². The average Bonchev–Trinajstić information content (AvgIpc) is 2.73. The van der Waals surface area contributed by atoms with Gasteiger partial charge < -0.3 is 19.8 Å². The first-order chi connectivity index (χ1) is 9.58. The molecule has 110 valence electrons. The van der Waals surface area contributed by atoms with E-state index in [-0.39, 0.29) is 12.1 Å². The number of imidazole rings is 1. The van der Waals surface area contributed by atoms with Gasteiger partial charge in [0.15, 0.2) is 0 Å². The Morgan fingerprint density at radius 2 is 2.10 bits per heavy atom. The molecule has 0 radical (unpaired) electrons. The van der Waals surface area contributed by atoms with Crippen LogP contribution < -0.4 is 10.5 Å². The van der Waals surface area contributed by atoms with Crippen molar-refractivity contribution in [2.75, 3.05) is 19.5 Å².